The number of benzene rings is 1. The third kappa shape index (κ3) is 1.45. The number of ether oxygens (including phenoxy) is 1. The fraction of sp³-hybridized carbons (Fsp3) is 0.385. The number of nitrogens with two attached hydrogens (primary N) is 1. The van der Waals surface area contributed by atoms with Crippen LogP contribution in [0.2, 0.25) is 0 Å². The van der Waals surface area contributed by atoms with Crippen LogP contribution in [-0.4, -0.2) is 13.7 Å². The number of fused-ring (bicyclic) bond motifs is 1. The molecule has 0 aliphatic heterocycles. The van der Waals surface area contributed by atoms with Crippen molar-refractivity contribution < 1.29 is 4.74 Å². The number of rotatable bonds is 2. The summed E-state index contributed by atoms with van der Waals surface area (Å²) in [6, 6.07) is 4.14. The Kier molecular flexibility index (Phi) is 2.53. The van der Waals surface area contributed by atoms with Gasteiger partial charge in [0.15, 0.2) is 0 Å². The maximum absolute atomic E-state index is 5.76. The van der Waals surface area contributed by atoms with E-state index in [1.165, 1.54) is 22.3 Å². The van der Waals surface area contributed by atoms with Gasteiger partial charge in [-0.2, -0.15) is 0 Å². The first-order valence-corrected chi connectivity index (χ1v) is 5.27. The van der Waals surface area contributed by atoms with Crippen LogP contribution >= 0.6 is 0 Å². The average molecular weight is 203 g/mol. The van der Waals surface area contributed by atoms with Crippen LogP contribution in [0, 0.1) is 6.92 Å². The minimum absolute atomic E-state index is 0.411. The first-order valence-electron chi connectivity index (χ1n) is 5.27. The summed E-state index contributed by atoms with van der Waals surface area (Å²) < 4.78 is 5.40. The fourth-order valence-corrected chi connectivity index (χ4v) is 2.40. The maximum atomic E-state index is 5.76. The van der Waals surface area contributed by atoms with E-state index >= 15 is 0 Å². The lowest BCUT2D eigenvalue weighted by atomic mass is 9.96. The highest BCUT2D eigenvalue weighted by Crippen LogP contribution is 2.42. The number of hydrogen-bond donors (Lipinski definition) is 1. The van der Waals surface area contributed by atoms with E-state index in [0.717, 1.165) is 5.75 Å². The van der Waals surface area contributed by atoms with Crippen molar-refractivity contribution in [2.45, 2.75) is 19.8 Å². The first-order chi connectivity index (χ1) is 7.19. The Morgan fingerprint density at radius 1 is 1.40 bits per heavy atom. The van der Waals surface area contributed by atoms with Crippen LogP contribution in [0.5, 0.6) is 5.75 Å². The third-order valence-electron chi connectivity index (χ3n) is 3.08. The van der Waals surface area contributed by atoms with Crippen LogP contribution in [0.15, 0.2) is 18.2 Å². The molecular formula is C13H17NO. The van der Waals surface area contributed by atoms with Gasteiger partial charge in [0.25, 0.3) is 0 Å². The molecule has 80 valence electrons. The molecule has 0 heterocycles. The SMILES string of the molecule is COc1ccc(C)c2c1C(C)C=C2CN. The van der Waals surface area contributed by atoms with Crippen molar-refractivity contribution in [1.29, 1.82) is 0 Å². The van der Waals surface area contributed by atoms with Gasteiger partial charge in [-0.15, -0.1) is 0 Å². The van der Waals surface area contributed by atoms with Gasteiger partial charge in [-0.1, -0.05) is 19.1 Å². The van der Waals surface area contributed by atoms with E-state index in [9.17, 15) is 0 Å². The molecule has 1 aromatic carbocycles. The van der Waals surface area contributed by atoms with Crippen LogP contribution in [0.4, 0.5) is 0 Å². The second-order valence-electron chi connectivity index (χ2n) is 4.06. The molecule has 0 saturated carbocycles. The lowest BCUT2D eigenvalue weighted by molar-refractivity contribution is 0.409. The van der Waals surface area contributed by atoms with Gasteiger partial charge in [0.05, 0.1) is 7.11 Å². The molecule has 0 amide bonds. The predicted molar refractivity (Wildman–Crippen MR) is 63.2 cm³/mol. The summed E-state index contributed by atoms with van der Waals surface area (Å²) in [6.45, 7) is 4.91. The summed E-state index contributed by atoms with van der Waals surface area (Å²) >= 11 is 0. The Morgan fingerprint density at radius 2 is 2.13 bits per heavy atom. The molecule has 2 rings (SSSR count). The molecule has 0 fully saturated rings. The summed E-state index contributed by atoms with van der Waals surface area (Å²) in [5, 5.41) is 0. The second kappa shape index (κ2) is 3.70. The van der Waals surface area contributed by atoms with E-state index in [4.69, 9.17) is 10.5 Å². The van der Waals surface area contributed by atoms with Crippen LogP contribution in [-0.2, 0) is 0 Å². The summed E-state index contributed by atoms with van der Waals surface area (Å²) in [4.78, 5) is 0. The van der Waals surface area contributed by atoms with Gasteiger partial charge in [-0.25, -0.2) is 0 Å². The second-order valence-corrected chi connectivity index (χ2v) is 4.06. The molecule has 2 heteroatoms. The molecule has 0 spiro atoms. The molecule has 1 aliphatic carbocycles. The minimum Gasteiger partial charge on any atom is -0.496 e. The molecule has 1 aromatic rings. The van der Waals surface area contributed by atoms with Crippen LogP contribution in [0.1, 0.15) is 29.5 Å². The van der Waals surface area contributed by atoms with Crippen molar-refractivity contribution in [2.75, 3.05) is 13.7 Å². The van der Waals surface area contributed by atoms with Gasteiger partial charge in [0.2, 0.25) is 0 Å². The van der Waals surface area contributed by atoms with Gasteiger partial charge >= 0.3 is 0 Å². The zero-order valence-corrected chi connectivity index (χ0v) is 9.50. The quantitative estimate of drug-likeness (QED) is 0.801. The van der Waals surface area contributed by atoms with Gasteiger partial charge in [-0.05, 0) is 29.7 Å². The van der Waals surface area contributed by atoms with Crippen LogP contribution < -0.4 is 10.5 Å². The van der Waals surface area contributed by atoms with Crippen molar-refractivity contribution in [2.24, 2.45) is 5.73 Å². The molecule has 0 aromatic heterocycles. The fourth-order valence-electron chi connectivity index (χ4n) is 2.40. The Morgan fingerprint density at radius 3 is 2.73 bits per heavy atom. The summed E-state index contributed by atoms with van der Waals surface area (Å²) in [7, 11) is 1.72. The number of methoxy groups -OCH3 is 1. The normalized spacial score (nSPS) is 18.7. The van der Waals surface area contributed by atoms with Gasteiger partial charge in [-0.3, -0.25) is 0 Å². The highest BCUT2D eigenvalue weighted by Gasteiger charge is 2.24. The molecule has 1 atom stereocenters. The largest absolute Gasteiger partial charge is 0.496 e. The van der Waals surface area contributed by atoms with Crippen molar-refractivity contribution in [3.05, 3.63) is 34.9 Å². The molecule has 0 radical (unpaired) electrons. The Hall–Kier alpha value is -1.28. The standard InChI is InChI=1S/C13H17NO/c1-8-4-5-11(15-3)13-9(2)6-10(7-14)12(8)13/h4-6,9H,7,14H2,1-3H3. The van der Waals surface area contributed by atoms with Crippen LogP contribution in [0.25, 0.3) is 5.57 Å². The summed E-state index contributed by atoms with van der Waals surface area (Å²) in [5.41, 5.74) is 10.9. The summed E-state index contributed by atoms with van der Waals surface area (Å²) in [5.74, 6) is 1.39. The minimum atomic E-state index is 0.411. The maximum Gasteiger partial charge on any atom is 0.123 e. The van der Waals surface area contributed by atoms with Gasteiger partial charge in [0, 0.05) is 18.0 Å². The Bertz CT molecular complexity index is 421. The smallest absolute Gasteiger partial charge is 0.123 e. The zero-order valence-electron chi connectivity index (χ0n) is 9.50. The van der Waals surface area contributed by atoms with Crippen molar-refractivity contribution in [1.82, 2.24) is 0 Å². The van der Waals surface area contributed by atoms with E-state index < -0.39 is 0 Å². The Labute approximate surface area is 90.7 Å². The van der Waals surface area contributed by atoms with Gasteiger partial charge in [0.1, 0.15) is 5.75 Å². The van der Waals surface area contributed by atoms with Crippen molar-refractivity contribution in [3.8, 4) is 5.75 Å². The summed E-state index contributed by atoms with van der Waals surface area (Å²) in [6.07, 6.45) is 2.24. The van der Waals surface area contributed by atoms with E-state index in [-0.39, 0.29) is 0 Å². The molecule has 15 heavy (non-hydrogen) atoms. The van der Waals surface area contributed by atoms with Crippen molar-refractivity contribution >= 4 is 5.57 Å². The van der Waals surface area contributed by atoms with Crippen molar-refractivity contribution in [3.63, 3.8) is 0 Å². The van der Waals surface area contributed by atoms with E-state index in [1.807, 2.05) is 6.07 Å². The topological polar surface area (TPSA) is 35.2 Å². The molecule has 0 bridgehead atoms. The van der Waals surface area contributed by atoms with Gasteiger partial charge < -0.3 is 10.5 Å². The lowest BCUT2D eigenvalue weighted by Gasteiger charge is -2.14. The highest BCUT2D eigenvalue weighted by atomic mass is 16.5. The molecule has 2 N–H and O–H groups in total. The molecular weight excluding hydrogens is 186 g/mol. The van der Waals surface area contributed by atoms with E-state index in [0.29, 0.717) is 12.5 Å². The predicted octanol–water partition coefficient (Wildman–Crippen LogP) is 2.46. The van der Waals surface area contributed by atoms with Crippen LogP contribution in [0.3, 0.4) is 0 Å². The van der Waals surface area contributed by atoms with E-state index in [2.05, 4.69) is 26.0 Å². The monoisotopic (exact) mass is 203 g/mol. The lowest BCUT2D eigenvalue weighted by Crippen LogP contribution is -2.03. The Balaban J connectivity index is 2.65. The first kappa shape index (κ1) is 10.2. The van der Waals surface area contributed by atoms with E-state index in [1.54, 1.807) is 7.11 Å². The average Bonchev–Trinajstić information content (AvgIpc) is 2.58. The molecule has 2 nitrogen and oxygen atoms in total. The third-order valence-corrected chi connectivity index (χ3v) is 3.08. The number of aryl methyl sites for hydroxylation is 1. The zero-order chi connectivity index (χ0) is 11.0. The molecule has 0 saturated heterocycles. The highest BCUT2D eigenvalue weighted by molar-refractivity contribution is 5.79. The number of hydrogen-bond acceptors (Lipinski definition) is 2. The number of allylic oxidation sites excluding steroid dienone is 1. The molecule has 1 unspecified atom stereocenters. The molecule has 1 aliphatic rings.